The van der Waals surface area contributed by atoms with Crippen LogP contribution < -0.4 is 4.74 Å². The maximum Gasteiger partial charge on any atom is 0.298 e. The monoisotopic (exact) mass is 305 g/mol. The molecule has 5 nitrogen and oxygen atoms in total. The third-order valence-corrected chi connectivity index (χ3v) is 3.33. The van der Waals surface area contributed by atoms with Gasteiger partial charge in [0.05, 0.1) is 22.8 Å². The molecule has 0 aliphatic carbocycles. The maximum absolute atomic E-state index is 10.5. The van der Waals surface area contributed by atoms with E-state index in [1.54, 1.807) is 24.5 Å². The van der Waals surface area contributed by atoms with Crippen LogP contribution in [0, 0.1) is 13.8 Å². The van der Waals surface area contributed by atoms with Crippen LogP contribution in [0.15, 0.2) is 48.8 Å². The van der Waals surface area contributed by atoms with Gasteiger partial charge in [0.25, 0.3) is 6.47 Å². The van der Waals surface area contributed by atoms with Crippen molar-refractivity contribution in [2.45, 2.75) is 13.8 Å². The predicted octanol–water partition coefficient (Wildman–Crippen LogP) is 3.36. The van der Waals surface area contributed by atoms with Crippen molar-refractivity contribution in [2.75, 3.05) is 0 Å². The number of nitrogens with zero attached hydrogens (tertiary/aromatic N) is 3. The SMILES string of the molecule is Cc1ccnc(-c2cc(C)cc(-c3cc(OC=O)ccn3)n2)c1. The Morgan fingerprint density at radius 1 is 0.826 bits per heavy atom. The van der Waals surface area contributed by atoms with Crippen molar-refractivity contribution in [1.82, 2.24) is 15.0 Å². The van der Waals surface area contributed by atoms with Crippen LogP contribution in [-0.2, 0) is 4.79 Å². The molecule has 0 unspecified atom stereocenters. The topological polar surface area (TPSA) is 65.0 Å². The quantitative estimate of drug-likeness (QED) is 0.692. The molecule has 0 aliphatic heterocycles. The first-order valence-electron chi connectivity index (χ1n) is 7.14. The van der Waals surface area contributed by atoms with E-state index in [2.05, 4.69) is 15.0 Å². The van der Waals surface area contributed by atoms with Gasteiger partial charge in [0.1, 0.15) is 5.75 Å². The van der Waals surface area contributed by atoms with Crippen LogP contribution in [0.2, 0.25) is 0 Å². The van der Waals surface area contributed by atoms with Gasteiger partial charge >= 0.3 is 0 Å². The van der Waals surface area contributed by atoms with Crippen LogP contribution in [0.1, 0.15) is 11.1 Å². The van der Waals surface area contributed by atoms with Crippen molar-refractivity contribution in [3.63, 3.8) is 0 Å². The van der Waals surface area contributed by atoms with Gasteiger partial charge in [-0.3, -0.25) is 14.8 Å². The van der Waals surface area contributed by atoms with Crippen molar-refractivity contribution in [1.29, 1.82) is 0 Å². The van der Waals surface area contributed by atoms with Gasteiger partial charge in [-0.05, 0) is 55.3 Å². The summed E-state index contributed by atoms with van der Waals surface area (Å²) in [6, 6.07) is 11.2. The van der Waals surface area contributed by atoms with Gasteiger partial charge in [0.2, 0.25) is 0 Å². The lowest BCUT2D eigenvalue weighted by Crippen LogP contribution is -1.95. The molecule has 23 heavy (non-hydrogen) atoms. The Hall–Kier alpha value is -3.08. The summed E-state index contributed by atoms with van der Waals surface area (Å²) in [5.41, 5.74) is 5.13. The number of aromatic nitrogens is 3. The van der Waals surface area contributed by atoms with Gasteiger partial charge in [-0.1, -0.05) is 0 Å². The largest absolute Gasteiger partial charge is 0.429 e. The van der Waals surface area contributed by atoms with Gasteiger partial charge in [0.15, 0.2) is 0 Å². The Balaban J connectivity index is 2.07. The fraction of sp³-hybridized carbons (Fsp3) is 0.111. The second-order valence-corrected chi connectivity index (χ2v) is 5.22. The number of pyridine rings is 3. The molecule has 5 heteroatoms. The summed E-state index contributed by atoms with van der Waals surface area (Å²) in [4.78, 5) is 23.8. The van der Waals surface area contributed by atoms with Crippen molar-refractivity contribution in [3.8, 4) is 28.5 Å². The highest BCUT2D eigenvalue weighted by molar-refractivity contribution is 5.64. The van der Waals surface area contributed by atoms with Gasteiger partial charge < -0.3 is 4.74 Å². The highest BCUT2D eigenvalue weighted by atomic mass is 16.5. The Morgan fingerprint density at radius 3 is 2.09 bits per heavy atom. The van der Waals surface area contributed by atoms with Gasteiger partial charge in [-0.25, -0.2) is 4.98 Å². The average Bonchev–Trinajstić information content (AvgIpc) is 2.55. The molecular weight excluding hydrogens is 290 g/mol. The summed E-state index contributed by atoms with van der Waals surface area (Å²) < 4.78 is 4.87. The van der Waals surface area contributed by atoms with Crippen molar-refractivity contribution < 1.29 is 9.53 Å². The van der Waals surface area contributed by atoms with Gasteiger partial charge in [-0.15, -0.1) is 0 Å². The first kappa shape index (κ1) is 14.8. The Bertz CT molecular complexity index is 862. The van der Waals surface area contributed by atoms with E-state index in [1.807, 2.05) is 38.1 Å². The number of hydrogen-bond acceptors (Lipinski definition) is 5. The second-order valence-electron chi connectivity index (χ2n) is 5.22. The molecule has 0 amide bonds. The molecule has 114 valence electrons. The third kappa shape index (κ3) is 3.40. The van der Waals surface area contributed by atoms with E-state index >= 15 is 0 Å². The van der Waals surface area contributed by atoms with Crippen LogP contribution in [0.25, 0.3) is 22.8 Å². The van der Waals surface area contributed by atoms with Crippen molar-refractivity contribution >= 4 is 6.47 Å². The molecule has 0 N–H and O–H groups in total. The number of carbonyl (C=O) groups excluding carboxylic acids is 1. The van der Waals surface area contributed by atoms with E-state index in [9.17, 15) is 4.79 Å². The summed E-state index contributed by atoms with van der Waals surface area (Å²) in [6.07, 6.45) is 3.36. The standard InChI is InChI=1S/C18H15N3O2/c1-12-3-5-19-15(7-12)17-8-13(2)9-18(21-17)16-10-14(23-11-22)4-6-20-16/h3-11H,1-2H3. The van der Waals surface area contributed by atoms with E-state index < -0.39 is 0 Å². The summed E-state index contributed by atoms with van der Waals surface area (Å²) in [5, 5.41) is 0. The van der Waals surface area contributed by atoms with Crippen LogP contribution >= 0.6 is 0 Å². The molecule has 0 aliphatic rings. The number of hydrogen-bond donors (Lipinski definition) is 0. The molecule has 3 aromatic rings. The minimum Gasteiger partial charge on any atom is -0.429 e. The van der Waals surface area contributed by atoms with E-state index in [4.69, 9.17) is 4.74 Å². The Morgan fingerprint density at radius 2 is 1.43 bits per heavy atom. The molecule has 3 aromatic heterocycles. The zero-order valence-electron chi connectivity index (χ0n) is 12.9. The highest BCUT2D eigenvalue weighted by Crippen LogP contribution is 2.24. The zero-order chi connectivity index (χ0) is 16.2. The fourth-order valence-corrected chi connectivity index (χ4v) is 2.29. The molecule has 0 atom stereocenters. The first-order chi connectivity index (χ1) is 11.2. The van der Waals surface area contributed by atoms with Gasteiger partial charge in [0, 0.05) is 18.5 Å². The minimum atomic E-state index is 0.394. The molecule has 3 heterocycles. The highest BCUT2D eigenvalue weighted by Gasteiger charge is 2.08. The maximum atomic E-state index is 10.5. The molecule has 0 saturated heterocycles. The average molecular weight is 305 g/mol. The molecule has 0 aromatic carbocycles. The third-order valence-electron chi connectivity index (χ3n) is 3.33. The normalized spacial score (nSPS) is 10.3. The molecule has 0 radical (unpaired) electrons. The fourth-order valence-electron chi connectivity index (χ4n) is 2.29. The van der Waals surface area contributed by atoms with Crippen molar-refractivity contribution in [2.24, 2.45) is 0 Å². The number of carbonyl (C=O) groups is 1. The first-order valence-corrected chi connectivity index (χ1v) is 7.14. The van der Waals surface area contributed by atoms with Crippen LogP contribution in [-0.4, -0.2) is 21.4 Å². The molecular formula is C18H15N3O2. The number of ether oxygens (including phenoxy) is 1. The smallest absolute Gasteiger partial charge is 0.298 e. The molecule has 0 bridgehead atoms. The predicted molar refractivity (Wildman–Crippen MR) is 86.9 cm³/mol. The lowest BCUT2D eigenvalue weighted by molar-refractivity contribution is -0.120. The Labute approximate surface area is 134 Å². The lowest BCUT2D eigenvalue weighted by atomic mass is 10.1. The molecule has 0 fully saturated rings. The number of rotatable bonds is 4. The van der Waals surface area contributed by atoms with Crippen molar-refractivity contribution in [3.05, 3.63) is 59.9 Å². The molecule has 0 saturated carbocycles. The summed E-state index contributed by atoms with van der Waals surface area (Å²) in [6.45, 7) is 4.41. The van der Waals surface area contributed by atoms with Crippen LogP contribution in [0.3, 0.4) is 0 Å². The van der Waals surface area contributed by atoms with Gasteiger partial charge in [-0.2, -0.15) is 0 Å². The van der Waals surface area contributed by atoms with E-state index in [0.717, 1.165) is 22.5 Å². The Kier molecular flexibility index (Phi) is 4.10. The lowest BCUT2D eigenvalue weighted by Gasteiger charge is -2.07. The summed E-state index contributed by atoms with van der Waals surface area (Å²) in [7, 11) is 0. The second kappa shape index (κ2) is 6.36. The molecule has 3 rings (SSSR count). The molecule has 0 spiro atoms. The van der Waals surface area contributed by atoms with E-state index in [1.165, 1.54) is 0 Å². The minimum absolute atomic E-state index is 0.394. The van der Waals surface area contributed by atoms with E-state index in [0.29, 0.717) is 23.6 Å². The number of aryl methyl sites for hydroxylation is 2. The van der Waals surface area contributed by atoms with E-state index in [-0.39, 0.29) is 0 Å². The summed E-state index contributed by atoms with van der Waals surface area (Å²) in [5.74, 6) is 0.434. The van der Waals surface area contributed by atoms with Crippen LogP contribution in [0.4, 0.5) is 0 Å². The zero-order valence-corrected chi connectivity index (χ0v) is 12.9. The summed E-state index contributed by atoms with van der Waals surface area (Å²) >= 11 is 0. The van der Waals surface area contributed by atoms with Crippen LogP contribution in [0.5, 0.6) is 5.75 Å².